The fourth-order valence-corrected chi connectivity index (χ4v) is 2.42. The first-order chi connectivity index (χ1) is 9.42. The fraction of sp³-hybridized carbons (Fsp3) is 0.0714. The number of hydrogen-bond acceptors (Lipinski definition) is 4. The molecule has 0 aliphatic rings. The minimum Gasteiger partial charge on any atom is -0.264 e. The van der Waals surface area contributed by atoms with Crippen LogP contribution in [0.15, 0.2) is 60.0 Å². The van der Waals surface area contributed by atoms with Gasteiger partial charge >= 0.3 is 0 Å². The molecular formula is C14H12N4S. The number of hydrogen-bond donors (Lipinski definition) is 1. The van der Waals surface area contributed by atoms with E-state index < -0.39 is 0 Å². The van der Waals surface area contributed by atoms with Crippen molar-refractivity contribution in [2.75, 3.05) is 0 Å². The Bertz CT molecular complexity index is 637. The summed E-state index contributed by atoms with van der Waals surface area (Å²) in [6.07, 6.45) is 3.51. The standard InChI is InChI=1S/C14H12N4S/c1-2-5-11(6-3-1)10-19-14-16-13(17-18-14)12-7-4-8-15-9-12/h1-9H,10H2,(H,16,17,18). The first-order valence-corrected chi connectivity index (χ1v) is 6.90. The summed E-state index contributed by atoms with van der Waals surface area (Å²) in [6.45, 7) is 0. The molecule has 0 bridgehead atoms. The average Bonchev–Trinajstić information content (AvgIpc) is 2.96. The third kappa shape index (κ3) is 3.00. The highest BCUT2D eigenvalue weighted by atomic mass is 32.2. The van der Waals surface area contributed by atoms with Gasteiger partial charge in [0.2, 0.25) is 5.16 Å². The molecule has 0 atom stereocenters. The van der Waals surface area contributed by atoms with E-state index in [1.807, 2.05) is 30.3 Å². The summed E-state index contributed by atoms with van der Waals surface area (Å²) in [5.41, 5.74) is 2.21. The fourth-order valence-electron chi connectivity index (χ4n) is 1.67. The van der Waals surface area contributed by atoms with Crippen molar-refractivity contribution in [2.24, 2.45) is 0 Å². The van der Waals surface area contributed by atoms with E-state index in [4.69, 9.17) is 0 Å². The van der Waals surface area contributed by atoms with Crippen LogP contribution in [0.2, 0.25) is 0 Å². The Balaban J connectivity index is 1.69. The van der Waals surface area contributed by atoms with Crippen LogP contribution < -0.4 is 0 Å². The second kappa shape index (κ2) is 5.67. The lowest BCUT2D eigenvalue weighted by atomic mass is 10.2. The number of benzene rings is 1. The van der Waals surface area contributed by atoms with Crippen molar-refractivity contribution in [1.82, 2.24) is 20.2 Å². The number of nitrogens with zero attached hydrogens (tertiary/aromatic N) is 3. The van der Waals surface area contributed by atoms with E-state index in [1.165, 1.54) is 5.56 Å². The molecule has 0 aliphatic heterocycles. The minimum atomic E-state index is 0.753. The Hall–Kier alpha value is -2.14. The van der Waals surface area contributed by atoms with Gasteiger partial charge in [0, 0.05) is 23.7 Å². The molecule has 0 saturated heterocycles. The predicted molar refractivity (Wildman–Crippen MR) is 75.6 cm³/mol. The molecule has 0 fully saturated rings. The molecule has 0 saturated carbocycles. The third-order valence-electron chi connectivity index (χ3n) is 2.61. The molecule has 0 spiro atoms. The van der Waals surface area contributed by atoms with Crippen molar-refractivity contribution < 1.29 is 0 Å². The van der Waals surface area contributed by atoms with E-state index in [0.717, 1.165) is 22.3 Å². The van der Waals surface area contributed by atoms with Gasteiger partial charge in [-0.15, -0.1) is 5.10 Å². The Kier molecular flexibility index (Phi) is 3.56. The summed E-state index contributed by atoms with van der Waals surface area (Å²) in [5, 5.41) is 7.90. The van der Waals surface area contributed by atoms with Crippen molar-refractivity contribution in [3.05, 3.63) is 60.4 Å². The summed E-state index contributed by atoms with van der Waals surface area (Å²) >= 11 is 1.62. The van der Waals surface area contributed by atoms with E-state index in [1.54, 1.807) is 24.2 Å². The van der Waals surface area contributed by atoms with Crippen LogP contribution in [0.25, 0.3) is 11.4 Å². The highest BCUT2D eigenvalue weighted by Gasteiger charge is 2.06. The maximum Gasteiger partial charge on any atom is 0.209 e. The lowest BCUT2D eigenvalue weighted by Gasteiger charge is -1.96. The molecule has 1 N–H and O–H groups in total. The number of aromatic nitrogens is 4. The van der Waals surface area contributed by atoms with E-state index in [2.05, 4.69) is 32.3 Å². The maximum atomic E-state index is 4.45. The van der Waals surface area contributed by atoms with E-state index >= 15 is 0 Å². The van der Waals surface area contributed by atoms with Crippen LogP contribution >= 0.6 is 11.8 Å². The van der Waals surface area contributed by atoms with E-state index in [9.17, 15) is 0 Å². The molecule has 3 aromatic rings. The second-order valence-electron chi connectivity index (χ2n) is 3.98. The van der Waals surface area contributed by atoms with Crippen LogP contribution in [0.3, 0.4) is 0 Å². The molecule has 3 rings (SSSR count). The number of aromatic amines is 1. The van der Waals surface area contributed by atoms with Crippen molar-refractivity contribution in [3.63, 3.8) is 0 Å². The van der Waals surface area contributed by atoms with Crippen molar-refractivity contribution in [2.45, 2.75) is 10.9 Å². The largest absolute Gasteiger partial charge is 0.264 e. The Labute approximate surface area is 115 Å². The molecule has 0 radical (unpaired) electrons. The van der Waals surface area contributed by atoms with Crippen LogP contribution in [-0.2, 0) is 5.75 Å². The Morgan fingerprint density at radius 2 is 1.95 bits per heavy atom. The molecule has 19 heavy (non-hydrogen) atoms. The highest BCUT2D eigenvalue weighted by Crippen LogP contribution is 2.21. The molecule has 0 unspecified atom stereocenters. The smallest absolute Gasteiger partial charge is 0.209 e. The van der Waals surface area contributed by atoms with Crippen molar-refractivity contribution in [3.8, 4) is 11.4 Å². The molecule has 0 aliphatic carbocycles. The number of nitrogens with one attached hydrogen (secondary N) is 1. The van der Waals surface area contributed by atoms with Gasteiger partial charge in [-0.2, -0.15) is 0 Å². The van der Waals surface area contributed by atoms with Crippen LogP contribution in [-0.4, -0.2) is 20.2 Å². The predicted octanol–water partition coefficient (Wildman–Crippen LogP) is 3.16. The van der Waals surface area contributed by atoms with Gasteiger partial charge in [0.25, 0.3) is 0 Å². The average molecular weight is 268 g/mol. The third-order valence-corrected chi connectivity index (χ3v) is 3.53. The van der Waals surface area contributed by atoms with Gasteiger partial charge in [-0.05, 0) is 17.7 Å². The zero-order valence-corrected chi connectivity index (χ0v) is 11.0. The Morgan fingerprint density at radius 1 is 1.05 bits per heavy atom. The summed E-state index contributed by atoms with van der Waals surface area (Å²) in [4.78, 5) is 8.52. The quantitative estimate of drug-likeness (QED) is 0.738. The number of pyridine rings is 1. The maximum absolute atomic E-state index is 4.45. The van der Waals surface area contributed by atoms with Gasteiger partial charge in [0.05, 0.1) is 0 Å². The van der Waals surface area contributed by atoms with Gasteiger partial charge in [-0.25, -0.2) is 4.98 Å². The van der Waals surface area contributed by atoms with Gasteiger partial charge in [-0.3, -0.25) is 10.1 Å². The van der Waals surface area contributed by atoms with Crippen molar-refractivity contribution >= 4 is 11.8 Å². The zero-order valence-electron chi connectivity index (χ0n) is 10.2. The molecule has 1 aromatic carbocycles. The Morgan fingerprint density at radius 3 is 2.74 bits per heavy atom. The summed E-state index contributed by atoms with van der Waals surface area (Å²) in [7, 11) is 0. The van der Waals surface area contributed by atoms with E-state index in [-0.39, 0.29) is 0 Å². The topological polar surface area (TPSA) is 54.5 Å². The van der Waals surface area contributed by atoms with Crippen LogP contribution in [0, 0.1) is 0 Å². The monoisotopic (exact) mass is 268 g/mol. The van der Waals surface area contributed by atoms with Crippen LogP contribution in [0.1, 0.15) is 5.56 Å². The van der Waals surface area contributed by atoms with Gasteiger partial charge in [0.15, 0.2) is 5.82 Å². The minimum absolute atomic E-state index is 0.753. The molecule has 0 amide bonds. The number of H-pyrrole nitrogens is 1. The van der Waals surface area contributed by atoms with Crippen LogP contribution in [0.5, 0.6) is 0 Å². The van der Waals surface area contributed by atoms with Gasteiger partial charge in [0.1, 0.15) is 0 Å². The lowest BCUT2D eigenvalue weighted by molar-refractivity contribution is 0.973. The molecule has 2 heterocycles. The van der Waals surface area contributed by atoms with Crippen molar-refractivity contribution in [1.29, 1.82) is 0 Å². The molecule has 5 heteroatoms. The number of thioether (sulfide) groups is 1. The van der Waals surface area contributed by atoms with E-state index in [0.29, 0.717) is 0 Å². The first kappa shape index (κ1) is 11.9. The van der Waals surface area contributed by atoms with Gasteiger partial charge in [-0.1, -0.05) is 42.1 Å². The summed E-state index contributed by atoms with van der Waals surface area (Å²) in [5.74, 6) is 1.62. The normalized spacial score (nSPS) is 10.5. The summed E-state index contributed by atoms with van der Waals surface area (Å²) in [6, 6.07) is 14.1. The first-order valence-electron chi connectivity index (χ1n) is 5.91. The molecule has 94 valence electrons. The zero-order chi connectivity index (χ0) is 12.9. The molecule has 4 nitrogen and oxygen atoms in total. The van der Waals surface area contributed by atoms with Crippen LogP contribution in [0.4, 0.5) is 0 Å². The molecule has 2 aromatic heterocycles. The van der Waals surface area contributed by atoms with Gasteiger partial charge < -0.3 is 0 Å². The summed E-state index contributed by atoms with van der Waals surface area (Å²) < 4.78 is 0. The highest BCUT2D eigenvalue weighted by molar-refractivity contribution is 7.98. The SMILES string of the molecule is c1ccc(CSc2n[nH]c(-c3cccnc3)n2)cc1. The second-order valence-corrected chi connectivity index (χ2v) is 4.93. The number of rotatable bonds is 4. The lowest BCUT2D eigenvalue weighted by Crippen LogP contribution is -1.82. The molecular weight excluding hydrogens is 256 g/mol.